The van der Waals surface area contributed by atoms with Crippen molar-refractivity contribution in [2.75, 3.05) is 6.54 Å². The van der Waals surface area contributed by atoms with Crippen LogP contribution in [-0.4, -0.2) is 33.0 Å². The van der Waals surface area contributed by atoms with E-state index >= 15 is 0 Å². The summed E-state index contributed by atoms with van der Waals surface area (Å²) in [5.41, 5.74) is 7.59. The summed E-state index contributed by atoms with van der Waals surface area (Å²) in [4.78, 5) is 31.4. The molecule has 8 nitrogen and oxygen atoms in total. The van der Waals surface area contributed by atoms with Gasteiger partial charge in [0.1, 0.15) is 12.1 Å². The van der Waals surface area contributed by atoms with Crippen LogP contribution < -0.4 is 16.4 Å². The van der Waals surface area contributed by atoms with Gasteiger partial charge < -0.3 is 16.4 Å². The molecule has 0 atom stereocenters. The van der Waals surface area contributed by atoms with Gasteiger partial charge in [0.2, 0.25) is 5.91 Å². The number of hydrogen-bond donors (Lipinski definition) is 3. The molecule has 0 saturated heterocycles. The van der Waals surface area contributed by atoms with Crippen LogP contribution in [0.2, 0.25) is 0 Å². The zero-order chi connectivity index (χ0) is 19.1. The number of rotatable bonds is 7. The Hall–Kier alpha value is -3.68. The second-order valence-electron chi connectivity index (χ2n) is 5.92. The van der Waals surface area contributed by atoms with E-state index in [9.17, 15) is 9.59 Å². The minimum absolute atomic E-state index is 0.262. The molecule has 0 bridgehead atoms. The SMILES string of the molecule is NC(=O)c1cccc(CCNC(=O)NCc2ccnc(-n3ccnc3)c2)c1. The fourth-order valence-corrected chi connectivity index (χ4v) is 2.55. The van der Waals surface area contributed by atoms with Crippen molar-refractivity contribution < 1.29 is 9.59 Å². The number of primary amides is 1. The molecule has 0 unspecified atom stereocenters. The summed E-state index contributed by atoms with van der Waals surface area (Å²) < 4.78 is 1.80. The van der Waals surface area contributed by atoms with E-state index in [-0.39, 0.29) is 6.03 Å². The first kappa shape index (κ1) is 18.1. The Morgan fingerprint density at radius 2 is 1.96 bits per heavy atom. The van der Waals surface area contributed by atoms with E-state index in [1.165, 1.54) is 0 Å². The largest absolute Gasteiger partial charge is 0.366 e. The number of nitrogens with one attached hydrogen (secondary N) is 2. The smallest absolute Gasteiger partial charge is 0.315 e. The zero-order valence-electron chi connectivity index (χ0n) is 14.6. The summed E-state index contributed by atoms with van der Waals surface area (Å²) in [6.45, 7) is 0.831. The topological polar surface area (TPSA) is 115 Å². The molecule has 2 heterocycles. The molecule has 8 heteroatoms. The van der Waals surface area contributed by atoms with Crippen molar-refractivity contribution in [2.45, 2.75) is 13.0 Å². The Morgan fingerprint density at radius 1 is 1.07 bits per heavy atom. The summed E-state index contributed by atoms with van der Waals surface area (Å²) in [6, 6.07) is 10.5. The van der Waals surface area contributed by atoms with Crippen molar-refractivity contribution in [3.8, 4) is 5.82 Å². The third-order valence-electron chi connectivity index (χ3n) is 3.94. The molecule has 0 saturated carbocycles. The first-order valence-electron chi connectivity index (χ1n) is 8.45. The van der Waals surface area contributed by atoms with Gasteiger partial charge >= 0.3 is 6.03 Å². The van der Waals surface area contributed by atoms with E-state index in [0.717, 1.165) is 16.9 Å². The number of imidazole rings is 1. The molecule has 0 spiro atoms. The Balaban J connectivity index is 1.46. The van der Waals surface area contributed by atoms with Crippen molar-refractivity contribution in [1.29, 1.82) is 0 Å². The highest BCUT2D eigenvalue weighted by Crippen LogP contribution is 2.07. The lowest BCUT2D eigenvalue weighted by Crippen LogP contribution is -2.36. The van der Waals surface area contributed by atoms with Crippen LogP contribution in [0.1, 0.15) is 21.5 Å². The number of nitrogens with zero attached hydrogens (tertiary/aromatic N) is 3. The highest BCUT2D eigenvalue weighted by Gasteiger charge is 2.04. The van der Waals surface area contributed by atoms with Crippen molar-refractivity contribution >= 4 is 11.9 Å². The molecule has 2 aromatic heterocycles. The van der Waals surface area contributed by atoms with Crippen molar-refractivity contribution in [2.24, 2.45) is 5.73 Å². The predicted octanol–water partition coefficient (Wildman–Crippen LogP) is 1.41. The van der Waals surface area contributed by atoms with E-state index in [0.29, 0.717) is 25.1 Å². The number of benzene rings is 1. The fourth-order valence-electron chi connectivity index (χ4n) is 2.55. The number of urea groups is 1. The van der Waals surface area contributed by atoms with Gasteiger partial charge in [0.05, 0.1) is 0 Å². The Bertz CT molecular complexity index is 923. The molecular weight excluding hydrogens is 344 g/mol. The lowest BCUT2D eigenvalue weighted by molar-refractivity contribution is 0.1000. The molecule has 3 rings (SSSR count). The standard InChI is InChI=1S/C19H20N6O2/c20-18(26)16-3-1-2-14(10-16)4-7-23-19(27)24-12-15-5-6-22-17(11-15)25-9-8-21-13-25/h1-3,5-6,8-11,13H,4,7,12H2,(H2,20,26)(H2,23,24,27). The van der Waals surface area contributed by atoms with Gasteiger partial charge in [0.15, 0.2) is 0 Å². The second-order valence-corrected chi connectivity index (χ2v) is 5.92. The third kappa shape index (κ3) is 5.15. The highest BCUT2D eigenvalue weighted by molar-refractivity contribution is 5.92. The van der Waals surface area contributed by atoms with Crippen LogP contribution in [0.25, 0.3) is 5.82 Å². The Morgan fingerprint density at radius 3 is 2.74 bits per heavy atom. The van der Waals surface area contributed by atoms with Crippen molar-refractivity contribution in [1.82, 2.24) is 25.2 Å². The molecule has 3 amide bonds. The van der Waals surface area contributed by atoms with Crippen molar-refractivity contribution in [3.05, 3.63) is 78.0 Å². The van der Waals surface area contributed by atoms with Gasteiger partial charge in [-0.25, -0.2) is 14.8 Å². The van der Waals surface area contributed by atoms with Crippen LogP contribution in [-0.2, 0) is 13.0 Å². The number of hydrogen-bond acceptors (Lipinski definition) is 4. The van der Waals surface area contributed by atoms with E-state index in [4.69, 9.17) is 5.73 Å². The summed E-state index contributed by atoms with van der Waals surface area (Å²) in [7, 11) is 0. The Labute approximate surface area is 156 Å². The fraction of sp³-hybridized carbons (Fsp3) is 0.158. The first-order valence-corrected chi connectivity index (χ1v) is 8.45. The molecule has 27 heavy (non-hydrogen) atoms. The molecule has 0 fully saturated rings. The van der Waals surface area contributed by atoms with E-state index < -0.39 is 5.91 Å². The number of pyridine rings is 1. The number of carbonyl (C=O) groups is 2. The van der Waals surface area contributed by atoms with Gasteiger partial charge in [-0.05, 0) is 41.8 Å². The number of aromatic nitrogens is 3. The van der Waals surface area contributed by atoms with Gasteiger partial charge in [-0.2, -0.15) is 0 Å². The van der Waals surface area contributed by atoms with Gasteiger partial charge in [-0.1, -0.05) is 12.1 Å². The monoisotopic (exact) mass is 364 g/mol. The number of amides is 3. The third-order valence-corrected chi connectivity index (χ3v) is 3.94. The maximum Gasteiger partial charge on any atom is 0.315 e. The molecule has 4 N–H and O–H groups in total. The molecule has 1 aromatic carbocycles. The Kier molecular flexibility index (Phi) is 5.78. The zero-order valence-corrected chi connectivity index (χ0v) is 14.6. The number of nitrogens with two attached hydrogens (primary N) is 1. The molecule has 0 aliphatic heterocycles. The molecule has 3 aromatic rings. The summed E-state index contributed by atoms with van der Waals surface area (Å²) in [5, 5.41) is 5.61. The second kappa shape index (κ2) is 8.61. The maximum absolute atomic E-state index is 12.0. The normalized spacial score (nSPS) is 10.4. The van der Waals surface area contributed by atoms with E-state index in [1.54, 1.807) is 47.7 Å². The average Bonchev–Trinajstić information content (AvgIpc) is 3.22. The summed E-state index contributed by atoms with van der Waals surface area (Å²) in [5.74, 6) is 0.275. The lowest BCUT2D eigenvalue weighted by Gasteiger charge is -2.09. The summed E-state index contributed by atoms with van der Waals surface area (Å²) in [6.07, 6.45) is 7.45. The van der Waals surface area contributed by atoms with Gasteiger partial charge in [0.25, 0.3) is 0 Å². The van der Waals surface area contributed by atoms with Gasteiger partial charge in [-0.3, -0.25) is 9.36 Å². The first-order chi connectivity index (χ1) is 13.1. The lowest BCUT2D eigenvalue weighted by atomic mass is 10.1. The summed E-state index contributed by atoms with van der Waals surface area (Å²) >= 11 is 0. The molecule has 0 radical (unpaired) electrons. The van der Waals surface area contributed by atoms with Crippen LogP contribution in [0, 0.1) is 0 Å². The quantitative estimate of drug-likeness (QED) is 0.588. The van der Waals surface area contributed by atoms with Crippen molar-refractivity contribution in [3.63, 3.8) is 0 Å². The van der Waals surface area contributed by atoms with Gasteiger partial charge in [-0.15, -0.1) is 0 Å². The molecule has 138 valence electrons. The van der Waals surface area contributed by atoms with Crippen LogP contribution in [0.4, 0.5) is 4.79 Å². The predicted molar refractivity (Wildman–Crippen MR) is 100 cm³/mol. The minimum atomic E-state index is -0.463. The number of carbonyl (C=O) groups excluding carboxylic acids is 2. The van der Waals surface area contributed by atoms with Crippen LogP contribution in [0.5, 0.6) is 0 Å². The van der Waals surface area contributed by atoms with E-state index in [1.807, 2.05) is 18.2 Å². The van der Waals surface area contributed by atoms with E-state index in [2.05, 4.69) is 20.6 Å². The average molecular weight is 364 g/mol. The highest BCUT2D eigenvalue weighted by atomic mass is 16.2. The molecule has 0 aliphatic rings. The van der Waals surface area contributed by atoms with Gasteiger partial charge in [0, 0.05) is 37.2 Å². The van der Waals surface area contributed by atoms with Crippen LogP contribution in [0.3, 0.4) is 0 Å². The maximum atomic E-state index is 12.0. The van der Waals surface area contributed by atoms with Crippen LogP contribution >= 0.6 is 0 Å². The van der Waals surface area contributed by atoms with Crippen LogP contribution in [0.15, 0.2) is 61.3 Å². The molecular formula is C19H20N6O2. The minimum Gasteiger partial charge on any atom is -0.366 e. The molecule has 0 aliphatic carbocycles.